The minimum absolute atomic E-state index is 0.110. The van der Waals surface area contributed by atoms with Gasteiger partial charge >= 0.3 is 0 Å². The topological polar surface area (TPSA) is 76.7 Å². The fourth-order valence-corrected chi connectivity index (χ4v) is 5.22. The highest BCUT2D eigenvalue weighted by Crippen LogP contribution is 2.33. The first-order chi connectivity index (χ1) is 13.4. The Morgan fingerprint density at radius 3 is 2.43 bits per heavy atom. The van der Waals surface area contributed by atoms with E-state index in [1.807, 2.05) is 6.07 Å². The Hall–Kier alpha value is -1.90. The molecular weight excluding hydrogens is 376 g/mol. The van der Waals surface area contributed by atoms with Crippen LogP contribution in [0.4, 0.5) is 0 Å². The zero-order valence-electron chi connectivity index (χ0n) is 16.3. The lowest BCUT2D eigenvalue weighted by molar-refractivity contribution is -0.133. The van der Waals surface area contributed by atoms with Gasteiger partial charge in [-0.2, -0.15) is 4.31 Å². The average Bonchev–Trinajstić information content (AvgIpc) is 3.12. The van der Waals surface area contributed by atoms with Crippen molar-refractivity contribution in [1.82, 2.24) is 19.1 Å². The molecule has 4 rings (SSSR count). The van der Waals surface area contributed by atoms with Crippen molar-refractivity contribution in [3.63, 3.8) is 0 Å². The van der Waals surface area contributed by atoms with Crippen molar-refractivity contribution in [2.24, 2.45) is 0 Å². The van der Waals surface area contributed by atoms with Crippen LogP contribution >= 0.6 is 0 Å². The van der Waals surface area contributed by atoms with Gasteiger partial charge in [0.25, 0.3) is 0 Å². The molecule has 0 atom stereocenters. The lowest BCUT2D eigenvalue weighted by atomic mass is 9.89. The zero-order valence-corrected chi connectivity index (χ0v) is 17.1. The molecule has 2 aliphatic rings. The van der Waals surface area contributed by atoms with Gasteiger partial charge in [0, 0.05) is 43.3 Å². The van der Waals surface area contributed by atoms with Crippen LogP contribution in [-0.2, 0) is 14.8 Å². The maximum Gasteiger partial charge on any atom is 0.236 e. The first kappa shape index (κ1) is 19.4. The van der Waals surface area contributed by atoms with Crippen LogP contribution in [0.5, 0.6) is 0 Å². The Morgan fingerprint density at radius 1 is 1.07 bits per heavy atom. The van der Waals surface area contributed by atoms with E-state index in [0.717, 1.165) is 25.9 Å². The quantitative estimate of drug-likeness (QED) is 0.837. The molecule has 7 nitrogen and oxygen atoms in total. The van der Waals surface area contributed by atoms with Gasteiger partial charge in [-0.25, -0.2) is 8.42 Å². The van der Waals surface area contributed by atoms with E-state index in [4.69, 9.17) is 0 Å². The molecule has 0 bridgehead atoms. The first-order valence-corrected chi connectivity index (χ1v) is 11.8. The first-order valence-electron chi connectivity index (χ1n) is 9.93. The fraction of sp³-hybridized carbons (Fsp3) is 0.550. The van der Waals surface area contributed by atoms with Crippen molar-refractivity contribution in [2.75, 3.05) is 52.1 Å². The molecule has 1 N–H and O–H groups in total. The second-order valence-electron chi connectivity index (χ2n) is 7.88. The third kappa shape index (κ3) is 4.09. The van der Waals surface area contributed by atoms with Crippen molar-refractivity contribution >= 4 is 26.8 Å². The van der Waals surface area contributed by atoms with Gasteiger partial charge in [0.2, 0.25) is 15.9 Å². The van der Waals surface area contributed by atoms with Gasteiger partial charge in [-0.3, -0.25) is 9.69 Å². The van der Waals surface area contributed by atoms with Crippen LogP contribution in [0.1, 0.15) is 24.3 Å². The number of aromatic amines is 1. The third-order valence-electron chi connectivity index (χ3n) is 6.07. The minimum atomic E-state index is -3.16. The number of nitrogens with one attached hydrogen (secondary N) is 1. The molecule has 1 aromatic carbocycles. The molecule has 2 fully saturated rings. The van der Waals surface area contributed by atoms with Gasteiger partial charge < -0.3 is 9.88 Å². The van der Waals surface area contributed by atoms with E-state index < -0.39 is 10.0 Å². The van der Waals surface area contributed by atoms with Crippen molar-refractivity contribution in [2.45, 2.75) is 18.8 Å². The molecule has 2 aromatic rings. The molecule has 1 aromatic heterocycles. The summed E-state index contributed by atoms with van der Waals surface area (Å²) in [5.41, 5.74) is 2.57. The fourth-order valence-electron chi connectivity index (χ4n) is 4.39. The van der Waals surface area contributed by atoms with Gasteiger partial charge in [0.1, 0.15) is 0 Å². The normalized spacial score (nSPS) is 20.7. The number of carbonyl (C=O) groups excluding carboxylic acids is 1. The summed E-state index contributed by atoms with van der Waals surface area (Å²) in [6.07, 6.45) is 5.47. The number of nitrogens with zero attached hydrogens (tertiary/aromatic N) is 3. The average molecular weight is 405 g/mol. The number of amides is 1. The predicted molar refractivity (Wildman–Crippen MR) is 110 cm³/mol. The van der Waals surface area contributed by atoms with E-state index in [1.165, 1.54) is 27.0 Å². The predicted octanol–water partition coefficient (Wildman–Crippen LogP) is 1.45. The Bertz CT molecular complexity index is 939. The summed E-state index contributed by atoms with van der Waals surface area (Å²) in [5.74, 6) is 0.638. The van der Waals surface area contributed by atoms with Crippen LogP contribution in [-0.4, -0.2) is 85.5 Å². The number of likely N-dealkylation sites (tertiary alicyclic amines) is 1. The molecule has 1 amide bonds. The molecule has 0 radical (unpaired) electrons. The number of hydrogen-bond donors (Lipinski definition) is 1. The molecule has 0 spiro atoms. The summed E-state index contributed by atoms with van der Waals surface area (Å²) in [4.78, 5) is 20.0. The summed E-state index contributed by atoms with van der Waals surface area (Å²) in [6, 6.07) is 8.41. The molecule has 28 heavy (non-hydrogen) atoms. The molecule has 0 unspecified atom stereocenters. The van der Waals surface area contributed by atoms with E-state index in [2.05, 4.69) is 34.3 Å². The molecule has 3 heterocycles. The van der Waals surface area contributed by atoms with Crippen molar-refractivity contribution in [3.8, 4) is 0 Å². The highest BCUT2D eigenvalue weighted by atomic mass is 32.2. The maximum atomic E-state index is 12.6. The summed E-state index contributed by atoms with van der Waals surface area (Å²) < 4.78 is 24.7. The Kier molecular flexibility index (Phi) is 5.44. The Labute approximate surface area is 166 Å². The van der Waals surface area contributed by atoms with Crippen LogP contribution in [0.15, 0.2) is 30.5 Å². The van der Waals surface area contributed by atoms with E-state index in [1.54, 1.807) is 4.90 Å². The molecule has 2 aliphatic heterocycles. The maximum absolute atomic E-state index is 12.6. The van der Waals surface area contributed by atoms with Crippen molar-refractivity contribution in [1.29, 1.82) is 0 Å². The molecule has 8 heteroatoms. The molecule has 152 valence electrons. The summed E-state index contributed by atoms with van der Waals surface area (Å²) in [5, 5.41) is 1.31. The zero-order chi connectivity index (χ0) is 19.7. The Morgan fingerprint density at radius 2 is 1.75 bits per heavy atom. The number of piperazine rings is 1. The second kappa shape index (κ2) is 7.85. The monoisotopic (exact) mass is 404 g/mol. The van der Waals surface area contributed by atoms with Crippen molar-refractivity contribution < 1.29 is 13.2 Å². The number of aromatic nitrogens is 1. The van der Waals surface area contributed by atoms with Gasteiger partial charge in [-0.1, -0.05) is 18.2 Å². The summed E-state index contributed by atoms with van der Waals surface area (Å²) in [6.45, 7) is 4.02. The lowest BCUT2D eigenvalue weighted by Crippen LogP contribution is -2.52. The largest absolute Gasteiger partial charge is 0.361 e. The minimum Gasteiger partial charge on any atom is -0.361 e. The number of fused-ring (bicyclic) bond motifs is 1. The molecule has 2 saturated heterocycles. The lowest BCUT2D eigenvalue weighted by Gasteiger charge is -2.36. The number of benzene rings is 1. The number of rotatable bonds is 4. The van der Waals surface area contributed by atoms with Gasteiger partial charge in [0.15, 0.2) is 0 Å². The number of carbonyl (C=O) groups is 1. The van der Waals surface area contributed by atoms with Crippen LogP contribution in [0.25, 0.3) is 10.9 Å². The van der Waals surface area contributed by atoms with Crippen LogP contribution in [0.3, 0.4) is 0 Å². The van der Waals surface area contributed by atoms with Crippen molar-refractivity contribution in [3.05, 3.63) is 36.0 Å². The third-order valence-corrected chi connectivity index (χ3v) is 7.37. The molecular formula is C20H28N4O3S. The number of piperidine rings is 1. The van der Waals surface area contributed by atoms with E-state index in [0.29, 0.717) is 38.6 Å². The summed E-state index contributed by atoms with van der Waals surface area (Å²) in [7, 11) is -3.16. The highest BCUT2D eigenvalue weighted by Gasteiger charge is 2.28. The second-order valence-corrected chi connectivity index (χ2v) is 9.87. The van der Waals surface area contributed by atoms with E-state index >= 15 is 0 Å². The van der Waals surface area contributed by atoms with E-state index in [-0.39, 0.29) is 5.91 Å². The van der Waals surface area contributed by atoms with Crippen LogP contribution < -0.4 is 0 Å². The van der Waals surface area contributed by atoms with Gasteiger partial charge in [-0.15, -0.1) is 0 Å². The van der Waals surface area contributed by atoms with Gasteiger partial charge in [-0.05, 0) is 43.5 Å². The Balaban J connectivity index is 1.28. The number of para-hydroxylation sites is 1. The molecule has 0 saturated carbocycles. The number of hydrogen-bond acceptors (Lipinski definition) is 4. The SMILES string of the molecule is CS(=O)(=O)N1CCN(C(=O)CN2CCC(c3c[nH]c4ccccc34)CC2)CC1. The molecule has 0 aliphatic carbocycles. The number of H-pyrrole nitrogens is 1. The highest BCUT2D eigenvalue weighted by molar-refractivity contribution is 7.88. The standard InChI is InChI=1S/C20H28N4O3S/c1-28(26,27)24-12-10-23(11-13-24)20(25)15-22-8-6-16(7-9-22)18-14-21-19-5-3-2-4-17(18)19/h2-5,14,16,21H,6-13,15H2,1H3. The van der Waals surface area contributed by atoms with Gasteiger partial charge in [0.05, 0.1) is 12.8 Å². The van der Waals surface area contributed by atoms with Crippen LogP contribution in [0, 0.1) is 0 Å². The summed E-state index contributed by atoms with van der Waals surface area (Å²) >= 11 is 0. The smallest absolute Gasteiger partial charge is 0.236 e. The van der Waals surface area contributed by atoms with E-state index in [9.17, 15) is 13.2 Å². The van der Waals surface area contributed by atoms with Crippen LogP contribution in [0.2, 0.25) is 0 Å². The number of sulfonamides is 1.